The molecule has 1 aromatic carbocycles. The standard InChI is InChI=1S/C15H18N4O2/c20-15(21)13(7-6-12-4-2-1-3-5-12)18-8-9-19-14(10-18)16-11-17-19/h1-5,11,13H,6-10H2,(H,20,21). The molecule has 0 aliphatic carbocycles. The van der Waals surface area contributed by atoms with E-state index in [0.717, 1.165) is 12.2 Å². The highest BCUT2D eigenvalue weighted by Gasteiger charge is 2.29. The van der Waals surface area contributed by atoms with Crippen LogP contribution in [0.5, 0.6) is 0 Å². The van der Waals surface area contributed by atoms with Gasteiger partial charge >= 0.3 is 5.97 Å². The molecule has 2 aromatic rings. The Morgan fingerprint density at radius 1 is 1.29 bits per heavy atom. The fourth-order valence-corrected chi connectivity index (χ4v) is 2.76. The van der Waals surface area contributed by atoms with Crippen molar-refractivity contribution in [2.75, 3.05) is 6.54 Å². The van der Waals surface area contributed by atoms with Gasteiger partial charge in [0, 0.05) is 6.54 Å². The Morgan fingerprint density at radius 3 is 2.86 bits per heavy atom. The molecule has 0 saturated carbocycles. The van der Waals surface area contributed by atoms with Gasteiger partial charge in [0.25, 0.3) is 0 Å². The number of rotatable bonds is 5. The number of carboxylic acid groups (broad SMARTS) is 1. The summed E-state index contributed by atoms with van der Waals surface area (Å²) in [6, 6.07) is 9.52. The number of fused-ring (bicyclic) bond motifs is 1. The van der Waals surface area contributed by atoms with Gasteiger partial charge in [-0.15, -0.1) is 0 Å². The molecule has 1 aliphatic heterocycles. The molecular weight excluding hydrogens is 268 g/mol. The molecule has 1 aliphatic rings. The maximum absolute atomic E-state index is 11.6. The molecule has 0 saturated heterocycles. The summed E-state index contributed by atoms with van der Waals surface area (Å²) in [7, 11) is 0. The van der Waals surface area contributed by atoms with Crippen LogP contribution in [0.15, 0.2) is 36.7 Å². The Kier molecular flexibility index (Phi) is 3.96. The predicted molar refractivity (Wildman–Crippen MR) is 76.6 cm³/mol. The van der Waals surface area contributed by atoms with Gasteiger partial charge in [-0.2, -0.15) is 5.10 Å². The molecule has 0 fully saturated rings. The van der Waals surface area contributed by atoms with E-state index in [0.29, 0.717) is 26.1 Å². The maximum Gasteiger partial charge on any atom is 0.320 e. The number of hydrogen-bond acceptors (Lipinski definition) is 4. The fraction of sp³-hybridized carbons (Fsp3) is 0.400. The van der Waals surface area contributed by atoms with Crippen LogP contribution in [0.3, 0.4) is 0 Å². The van der Waals surface area contributed by atoms with Crippen LogP contribution in [0.4, 0.5) is 0 Å². The third-order valence-electron chi connectivity index (χ3n) is 3.91. The molecule has 0 spiro atoms. The summed E-state index contributed by atoms with van der Waals surface area (Å²) in [5.74, 6) is 0.0751. The molecule has 3 rings (SSSR count). The van der Waals surface area contributed by atoms with Crippen LogP contribution >= 0.6 is 0 Å². The molecule has 1 aromatic heterocycles. The van der Waals surface area contributed by atoms with E-state index in [4.69, 9.17) is 0 Å². The fourth-order valence-electron chi connectivity index (χ4n) is 2.76. The summed E-state index contributed by atoms with van der Waals surface area (Å²) in [5, 5.41) is 13.6. The minimum atomic E-state index is -0.765. The molecular formula is C15H18N4O2. The number of nitrogens with zero attached hydrogens (tertiary/aromatic N) is 4. The van der Waals surface area contributed by atoms with E-state index in [2.05, 4.69) is 10.1 Å². The van der Waals surface area contributed by atoms with Gasteiger partial charge in [-0.1, -0.05) is 30.3 Å². The van der Waals surface area contributed by atoms with E-state index in [9.17, 15) is 9.90 Å². The van der Waals surface area contributed by atoms with Crippen LogP contribution in [0.25, 0.3) is 0 Å². The lowest BCUT2D eigenvalue weighted by Crippen LogP contribution is -2.45. The van der Waals surface area contributed by atoms with E-state index in [1.165, 1.54) is 11.9 Å². The van der Waals surface area contributed by atoms with Crippen molar-refractivity contribution < 1.29 is 9.90 Å². The molecule has 0 bridgehead atoms. The van der Waals surface area contributed by atoms with Crippen molar-refractivity contribution in [1.29, 1.82) is 0 Å². The van der Waals surface area contributed by atoms with Crippen LogP contribution < -0.4 is 0 Å². The second-order valence-electron chi connectivity index (χ2n) is 5.25. The predicted octanol–water partition coefficient (Wildman–Crippen LogP) is 1.18. The first kappa shape index (κ1) is 13.8. The largest absolute Gasteiger partial charge is 0.480 e. The highest BCUT2D eigenvalue weighted by molar-refractivity contribution is 5.73. The smallest absolute Gasteiger partial charge is 0.320 e. The molecule has 0 amide bonds. The molecule has 1 unspecified atom stereocenters. The Hall–Kier alpha value is -2.21. The van der Waals surface area contributed by atoms with Crippen molar-refractivity contribution in [2.45, 2.75) is 32.0 Å². The monoisotopic (exact) mass is 286 g/mol. The van der Waals surface area contributed by atoms with Gasteiger partial charge in [-0.3, -0.25) is 9.69 Å². The van der Waals surface area contributed by atoms with Crippen molar-refractivity contribution in [3.05, 3.63) is 48.0 Å². The summed E-state index contributed by atoms with van der Waals surface area (Å²) in [6.07, 6.45) is 2.90. The van der Waals surface area contributed by atoms with Crippen molar-refractivity contribution in [1.82, 2.24) is 19.7 Å². The lowest BCUT2D eigenvalue weighted by atomic mass is 10.0. The van der Waals surface area contributed by atoms with E-state index in [-0.39, 0.29) is 0 Å². The van der Waals surface area contributed by atoms with Gasteiger partial charge < -0.3 is 5.11 Å². The van der Waals surface area contributed by atoms with Gasteiger partial charge in [0.2, 0.25) is 0 Å². The number of hydrogen-bond donors (Lipinski definition) is 1. The summed E-state index contributed by atoms with van der Waals surface area (Å²) in [6.45, 7) is 1.94. The zero-order chi connectivity index (χ0) is 14.7. The van der Waals surface area contributed by atoms with Gasteiger partial charge in [0.1, 0.15) is 18.2 Å². The van der Waals surface area contributed by atoms with Crippen molar-refractivity contribution >= 4 is 5.97 Å². The third kappa shape index (κ3) is 3.11. The molecule has 6 heteroatoms. The Labute approximate surface area is 123 Å². The lowest BCUT2D eigenvalue weighted by Gasteiger charge is -2.31. The first-order valence-corrected chi connectivity index (χ1v) is 7.11. The zero-order valence-corrected chi connectivity index (χ0v) is 11.7. The minimum absolute atomic E-state index is 0.476. The van der Waals surface area contributed by atoms with Crippen molar-refractivity contribution in [2.24, 2.45) is 0 Å². The SMILES string of the molecule is O=C(O)C(CCc1ccccc1)N1CCn2ncnc2C1. The Bertz CT molecular complexity index is 611. The highest BCUT2D eigenvalue weighted by atomic mass is 16.4. The van der Waals surface area contributed by atoms with Crippen LogP contribution in [-0.2, 0) is 24.3 Å². The molecule has 6 nitrogen and oxygen atoms in total. The van der Waals surface area contributed by atoms with Crippen LogP contribution in [0.2, 0.25) is 0 Å². The number of carboxylic acids is 1. The lowest BCUT2D eigenvalue weighted by molar-refractivity contribution is -0.144. The average molecular weight is 286 g/mol. The molecule has 1 N–H and O–H groups in total. The number of carbonyl (C=O) groups is 1. The van der Waals surface area contributed by atoms with Crippen molar-refractivity contribution in [3.63, 3.8) is 0 Å². The summed E-state index contributed by atoms with van der Waals surface area (Å²) in [5.41, 5.74) is 1.17. The first-order chi connectivity index (χ1) is 10.2. The van der Waals surface area contributed by atoms with E-state index in [1.807, 2.05) is 39.9 Å². The third-order valence-corrected chi connectivity index (χ3v) is 3.91. The molecule has 0 radical (unpaired) electrons. The second-order valence-corrected chi connectivity index (χ2v) is 5.25. The quantitative estimate of drug-likeness (QED) is 0.893. The van der Waals surface area contributed by atoms with E-state index < -0.39 is 12.0 Å². The number of aliphatic carboxylic acids is 1. The molecule has 1 atom stereocenters. The number of aryl methyl sites for hydroxylation is 1. The first-order valence-electron chi connectivity index (χ1n) is 7.11. The van der Waals surface area contributed by atoms with Crippen molar-refractivity contribution in [3.8, 4) is 0 Å². The normalized spacial score (nSPS) is 16.4. The van der Waals surface area contributed by atoms with Gasteiger partial charge in [-0.25, -0.2) is 9.67 Å². The van der Waals surface area contributed by atoms with Gasteiger partial charge in [0.05, 0.1) is 13.1 Å². The van der Waals surface area contributed by atoms with Crippen LogP contribution in [0, 0.1) is 0 Å². The van der Waals surface area contributed by atoms with Crippen LogP contribution in [-0.4, -0.2) is 43.3 Å². The minimum Gasteiger partial charge on any atom is -0.480 e. The molecule has 2 heterocycles. The molecule has 110 valence electrons. The van der Waals surface area contributed by atoms with Gasteiger partial charge in [-0.05, 0) is 18.4 Å². The number of aromatic nitrogens is 3. The summed E-state index contributed by atoms with van der Waals surface area (Å²) >= 11 is 0. The zero-order valence-electron chi connectivity index (χ0n) is 11.7. The summed E-state index contributed by atoms with van der Waals surface area (Å²) < 4.78 is 1.84. The highest BCUT2D eigenvalue weighted by Crippen LogP contribution is 2.16. The second kappa shape index (κ2) is 6.05. The Balaban J connectivity index is 1.66. The number of benzene rings is 1. The Morgan fingerprint density at radius 2 is 2.10 bits per heavy atom. The maximum atomic E-state index is 11.6. The average Bonchev–Trinajstić information content (AvgIpc) is 2.96. The van der Waals surface area contributed by atoms with E-state index in [1.54, 1.807) is 0 Å². The topological polar surface area (TPSA) is 71.2 Å². The van der Waals surface area contributed by atoms with Crippen LogP contribution in [0.1, 0.15) is 17.8 Å². The summed E-state index contributed by atoms with van der Waals surface area (Å²) in [4.78, 5) is 17.8. The molecule has 21 heavy (non-hydrogen) atoms. The van der Waals surface area contributed by atoms with E-state index >= 15 is 0 Å². The van der Waals surface area contributed by atoms with Gasteiger partial charge in [0.15, 0.2) is 0 Å².